The molecular weight excluding hydrogens is 1350 g/mol. The zero-order chi connectivity index (χ0) is 62.5. The number of β-amino-alcohol motifs (C(OH)–C–C–N with tert-alkyl or cyclic N) is 1. The number of ether oxygens (including phenoxy) is 4. The van der Waals surface area contributed by atoms with E-state index in [2.05, 4.69) is 53.4 Å². The van der Waals surface area contributed by atoms with Crippen LogP contribution in [0.5, 0.6) is 0 Å². The summed E-state index contributed by atoms with van der Waals surface area (Å²) in [7, 11) is -29.8. The quantitative estimate of drug-likeness (QED) is 0.0155. The third-order valence-corrected chi connectivity index (χ3v) is 13.0. The van der Waals surface area contributed by atoms with Crippen LogP contribution in [0.15, 0.2) is 0 Å². The molecule has 0 amide bonds. The van der Waals surface area contributed by atoms with Gasteiger partial charge in [-0.2, -0.15) is 0 Å². The van der Waals surface area contributed by atoms with E-state index < -0.39 is 211 Å². The van der Waals surface area contributed by atoms with E-state index in [-0.39, 0.29) is 53.5 Å². The van der Waals surface area contributed by atoms with Crippen LogP contribution in [0.4, 0.5) is 0 Å². The van der Waals surface area contributed by atoms with Crippen molar-refractivity contribution < 1.29 is 218 Å². The molecule has 5 fully saturated rings. The van der Waals surface area contributed by atoms with E-state index in [1.54, 1.807) is 0 Å². The standard InChI is InChI=1S/C6H11NO3.C6H10O12S2.2C6H12O10S2.C6H10O8S.4H2O/c8-5-1-4(6(9)10)2-7-3-5;7-3-2(16-20(11,12)13)1-14-5(6(8)9)4(3)15-19-18-17-10;2*7-5-1-4(2-15-17(8,9)10)14-3-6(5)16-18(11,12)13;7-3-1-4(6(8)9)13-2-5(3)14-15(10,11)12;;;;/h4-5,7-8H,1-3H2,(H,9,10);2-5,7,10H,1H2,(H,8,9)(H,11,12,13);2*4-7H,1-3H2,(H,8,9,10)(H,11,12,13);3-5,7H,1-2H2,(H,8,9)(H,10,11,12);4*1H2/p-10/t4?,5-;2?,3-,4+,5?;2*4?,5-,6?;3-,4?,5?;;;;/m10111..../s1. The monoisotopic (exact) mass is 1400 g/mol. The predicted octanol–water partition coefficient (Wildman–Crippen LogP) is -18.4. The lowest BCUT2D eigenvalue weighted by molar-refractivity contribution is -0.777. The van der Waals surface area contributed by atoms with Gasteiger partial charge in [-0.05, 0) is 6.42 Å². The van der Waals surface area contributed by atoms with Crippen molar-refractivity contribution in [3.05, 3.63) is 0 Å². The molecule has 14 N–H and O–H groups in total. The molecule has 48 nitrogen and oxygen atoms in total. The largest absolute Gasteiger partial charge is 0.726 e. The Labute approximate surface area is 483 Å². The smallest absolute Gasteiger partial charge is 0.218 e. The second kappa shape index (κ2) is 40.1. The van der Waals surface area contributed by atoms with Gasteiger partial charge in [0.05, 0.1) is 94.3 Å². The van der Waals surface area contributed by atoms with Gasteiger partial charge in [-0.1, -0.05) is 0 Å². The second-order valence-corrected chi connectivity index (χ2v) is 22.5. The number of aliphatic hydroxyl groups is 5. The third-order valence-electron chi connectivity index (χ3n) is 9.79. The molecule has 0 aromatic rings. The van der Waals surface area contributed by atoms with Crippen LogP contribution in [0.25, 0.3) is 0 Å². The van der Waals surface area contributed by atoms with Crippen molar-refractivity contribution in [2.24, 2.45) is 5.92 Å². The first-order valence-electron chi connectivity index (χ1n) is 21.1. The maximum Gasteiger partial charge on any atom is 0.218 e. The number of carboxylic acids is 3. The maximum absolute atomic E-state index is 10.7. The molecule has 0 saturated carbocycles. The van der Waals surface area contributed by atoms with Gasteiger partial charge in [-0.3, -0.25) is 34.3 Å². The summed E-state index contributed by atoms with van der Waals surface area (Å²) in [6.07, 6.45) is -19.6. The lowest BCUT2D eigenvalue weighted by Crippen LogP contribution is -2.59. The van der Waals surface area contributed by atoms with Crippen molar-refractivity contribution in [3.63, 3.8) is 0 Å². The summed E-state index contributed by atoms with van der Waals surface area (Å²) >= 11 is -0.144. The van der Waals surface area contributed by atoms with Crippen molar-refractivity contribution in [1.29, 1.82) is 0 Å². The minimum absolute atomic E-state index is 0. The first kappa shape index (κ1) is 88.7. The Kier molecular flexibility index (Phi) is 41.8. The maximum atomic E-state index is 10.7. The molecule has 85 heavy (non-hydrogen) atoms. The Morgan fingerprint density at radius 3 is 1.18 bits per heavy atom. The third kappa shape index (κ3) is 40.5. The summed E-state index contributed by atoms with van der Waals surface area (Å²) < 4.78 is 236. The first-order chi connectivity index (χ1) is 36.9. The van der Waals surface area contributed by atoms with Gasteiger partial charge in [0.1, 0.15) is 42.7 Å². The van der Waals surface area contributed by atoms with E-state index in [0.717, 1.165) is 0 Å². The number of hydrogen-bond donors (Lipinski definition) is 6. The number of carboxylic acid groups (broad SMARTS) is 3. The van der Waals surface area contributed by atoms with Crippen LogP contribution in [-0.4, -0.2) is 281 Å². The molecule has 55 heteroatoms. The lowest BCUT2D eigenvalue weighted by atomic mass is 9.98. The van der Waals surface area contributed by atoms with Gasteiger partial charge >= 0.3 is 0 Å². The Hall–Kier alpha value is -2.74. The molecule has 15 atom stereocenters. The Morgan fingerprint density at radius 1 is 0.494 bits per heavy atom. The highest BCUT2D eigenvalue weighted by molar-refractivity contribution is 7.89. The molecular formula is C30H53NO47S7-10. The van der Waals surface area contributed by atoms with E-state index in [1.807, 2.05) is 0 Å². The average molecular weight is 1400 g/mol. The van der Waals surface area contributed by atoms with Crippen LogP contribution in [0.3, 0.4) is 0 Å². The summed E-state index contributed by atoms with van der Waals surface area (Å²) in [5, 5.41) is 93.3. The van der Waals surface area contributed by atoms with Crippen molar-refractivity contribution in [1.82, 2.24) is 5.32 Å². The summed E-state index contributed by atoms with van der Waals surface area (Å²) in [6.45, 7) is -2.43. The molecule has 0 aliphatic carbocycles. The molecule has 5 heterocycles. The van der Waals surface area contributed by atoms with Gasteiger partial charge < -0.3 is 134 Å². The molecule has 9 unspecified atom stereocenters. The molecule has 512 valence electrons. The predicted molar refractivity (Wildman–Crippen MR) is 238 cm³/mol. The summed E-state index contributed by atoms with van der Waals surface area (Å²) in [5.74, 6) is -4.91. The van der Waals surface area contributed by atoms with Crippen LogP contribution in [0.2, 0.25) is 0 Å². The number of carbonyl (C=O) groups is 3. The van der Waals surface area contributed by atoms with Gasteiger partial charge in [0, 0.05) is 44.2 Å². The normalized spacial score (nSPS) is 29.9. The molecule has 0 aromatic heterocycles. The van der Waals surface area contributed by atoms with Crippen LogP contribution in [0, 0.1) is 5.92 Å². The number of carbonyl (C=O) groups excluding carboxylic acids is 3. The van der Waals surface area contributed by atoms with Crippen LogP contribution >= 0.6 is 12.3 Å². The summed E-state index contributed by atoms with van der Waals surface area (Å²) in [5.41, 5.74) is 0. The Bertz CT molecular complexity index is 2560. The van der Waals surface area contributed by atoms with E-state index in [1.165, 1.54) is 0 Å². The average Bonchev–Trinajstić information content (AvgIpc) is 3.33. The highest BCUT2D eigenvalue weighted by Gasteiger charge is 2.44. The SMILES string of the molecule is O.O.O.O.O=C([O-])C1CNC[C@H](O)C1.O=C([O-])C1C[C@@H](O)C(OS(=O)(=O)[O-])CO1.O=C([O-])C1OCC(OS(=O)(=O)[O-])[C@H](O)[C@H]1OSOO[O-].O=S(=O)([O-])OCC1C[C@@H](O)C(OS(=O)(=O)[O-])CO1.O=S(=O)([O-])OCC1C[C@@H](O)C(OS(=O)(=O)[O-])CO1. The zero-order valence-corrected chi connectivity index (χ0v) is 47.5. The van der Waals surface area contributed by atoms with E-state index >= 15 is 0 Å². The number of aliphatic carboxylic acids is 3. The highest BCUT2D eigenvalue weighted by atomic mass is 32.3. The van der Waals surface area contributed by atoms with Crippen molar-refractivity contribution in [2.45, 2.75) is 111 Å². The molecule has 0 bridgehead atoms. The van der Waals surface area contributed by atoms with Crippen molar-refractivity contribution in [3.8, 4) is 0 Å². The number of aliphatic hydroxyl groups excluding tert-OH is 5. The fourth-order valence-corrected chi connectivity index (χ4v) is 9.30. The molecule has 5 saturated heterocycles. The second-order valence-electron chi connectivity index (χ2n) is 15.9. The van der Waals surface area contributed by atoms with Crippen LogP contribution in [-0.2, 0) is 134 Å². The Morgan fingerprint density at radius 2 is 0.871 bits per heavy atom. The van der Waals surface area contributed by atoms with Crippen molar-refractivity contribution >= 4 is 92.6 Å². The first-order valence-corrected chi connectivity index (χ1v) is 29.8. The van der Waals surface area contributed by atoms with Gasteiger partial charge in [-0.25, -0.2) is 50.5 Å². The molecule has 0 radical (unpaired) electrons. The van der Waals surface area contributed by atoms with Gasteiger partial charge in [-0.15, -0.1) is 4.33 Å². The van der Waals surface area contributed by atoms with Crippen LogP contribution < -0.4 is 25.9 Å². The lowest BCUT2D eigenvalue weighted by Gasteiger charge is -2.39. The molecule has 0 spiro atoms. The summed E-state index contributed by atoms with van der Waals surface area (Å²) in [6, 6.07) is 0. The van der Waals surface area contributed by atoms with E-state index in [4.69, 9.17) is 14.6 Å². The zero-order valence-electron chi connectivity index (χ0n) is 41.8. The number of nitrogens with one attached hydrogen (secondary N) is 1. The molecule has 0 aromatic carbocycles. The molecule has 5 aliphatic rings. The summed E-state index contributed by atoms with van der Waals surface area (Å²) in [4.78, 5) is 31.3. The number of rotatable bonds is 21. The number of piperidine rings is 1. The highest BCUT2D eigenvalue weighted by Crippen LogP contribution is 2.26. The topological polar surface area (TPSA) is 846 Å². The van der Waals surface area contributed by atoms with E-state index in [0.29, 0.717) is 19.5 Å². The molecule has 5 rings (SSSR count). The van der Waals surface area contributed by atoms with Gasteiger partial charge in [0.25, 0.3) is 0 Å². The fraction of sp³-hybridized carbons (Fsp3) is 0.900. The number of hydrogen-bond acceptors (Lipinski definition) is 45. The Balaban J connectivity index is -0.000000483. The van der Waals surface area contributed by atoms with Gasteiger partial charge in [0.15, 0.2) is 12.3 Å². The van der Waals surface area contributed by atoms with Crippen molar-refractivity contribution in [2.75, 3.05) is 52.7 Å². The fourth-order valence-electron chi connectivity index (χ4n) is 6.37. The van der Waals surface area contributed by atoms with Crippen LogP contribution in [0.1, 0.15) is 25.7 Å². The van der Waals surface area contributed by atoms with Gasteiger partial charge in [0.2, 0.25) is 62.4 Å². The molecule has 5 aliphatic heterocycles. The van der Waals surface area contributed by atoms with E-state index in [9.17, 15) is 133 Å². The minimum Gasteiger partial charge on any atom is -0.726 e. The minimum atomic E-state index is -5.16.